The minimum absolute atomic E-state index is 0.162. The van der Waals surface area contributed by atoms with Crippen molar-refractivity contribution in [3.63, 3.8) is 0 Å². The normalized spacial score (nSPS) is 12.8. The summed E-state index contributed by atoms with van der Waals surface area (Å²) in [6, 6.07) is 117. The van der Waals surface area contributed by atoms with Crippen LogP contribution in [-0.2, 0) is 5.41 Å². The van der Waals surface area contributed by atoms with Gasteiger partial charge in [0.2, 0.25) is 0 Å². The van der Waals surface area contributed by atoms with Gasteiger partial charge in [0.05, 0.1) is 16.7 Å². The zero-order valence-electron chi connectivity index (χ0n) is 52.9. The van der Waals surface area contributed by atoms with Crippen LogP contribution in [0.4, 0.5) is 0 Å². The van der Waals surface area contributed by atoms with E-state index < -0.39 is 0 Å². The van der Waals surface area contributed by atoms with E-state index in [1.807, 2.05) is 0 Å². The molecule has 3 aromatic heterocycles. The first kappa shape index (κ1) is 54.3. The lowest BCUT2D eigenvalue weighted by Gasteiger charge is -2.23. The molecule has 0 atom stereocenters. The second-order valence-electron chi connectivity index (χ2n) is 26.4. The van der Waals surface area contributed by atoms with Gasteiger partial charge in [-0.2, -0.15) is 0 Å². The van der Waals surface area contributed by atoms with Gasteiger partial charge < -0.3 is 13.4 Å². The molecule has 0 saturated carbocycles. The van der Waals surface area contributed by atoms with Crippen LogP contribution in [0.2, 0.25) is 0 Å². The van der Waals surface area contributed by atoms with Crippen molar-refractivity contribution < 1.29 is 8.83 Å². The van der Waals surface area contributed by atoms with Gasteiger partial charge in [0, 0.05) is 43.3 Å². The van der Waals surface area contributed by atoms with Gasteiger partial charge in [-0.1, -0.05) is 287 Å². The monoisotopic (exact) mass is 1220 g/mol. The van der Waals surface area contributed by atoms with Gasteiger partial charge in [-0.05, 0) is 174 Å². The number of aromatic nitrogens is 1. The maximum Gasteiger partial charge on any atom is 0.160 e. The molecule has 0 saturated heterocycles. The van der Waals surface area contributed by atoms with Crippen LogP contribution in [0.3, 0.4) is 0 Å². The third-order valence-electron chi connectivity index (χ3n) is 21.0. The van der Waals surface area contributed by atoms with Crippen molar-refractivity contribution in [1.82, 2.24) is 4.57 Å². The molecule has 0 aliphatic heterocycles. The first-order valence-corrected chi connectivity index (χ1v) is 33.3. The number of hydrogen-bond acceptors (Lipinski definition) is 2. The summed E-state index contributed by atoms with van der Waals surface area (Å²) in [7, 11) is 0. The van der Waals surface area contributed by atoms with Gasteiger partial charge in [0.15, 0.2) is 5.58 Å². The molecule has 0 spiro atoms. The molecule has 0 amide bonds. The number of nitrogens with zero attached hydrogens (tertiary/aromatic N) is 1. The number of benzene rings is 17. The number of furan rings is 2. The van der Waals surface area contributed by atoms with Crippen LogP contribution in [0.15, 0.2) is 330 Å². The number of rotatable bonds is 5. The molecule has 0 radical (unpaired) electrons. The Bertz CT molecular complexity index is 6520. The van der Waals surface area contributed by atoms with Crippen LogP contribution in [-0.4, -0.2) is 4.57 Å². The van der Waals surface area contributed by atoms with Gasteiger partial charge in [0.1, 0.15) is 16.7 Å². The largest absolute Gasteiger partial charge is 0.455 e. The van der Waals surface area contributed by atoms with Crippen LogP contribution in [0.1, 0.15) is 25.0 Å². The molecule has 1 aliphatic rings. The molecule has 96 heavy (non-hydrogen) atoms. The van der Waals surface area contributed by atoms with E-state index in [1.54, 1.807) is 0 Å². The number of fused-ring (bicyclic) bond motifs is 19. The van der Waals surface area contributed by atoms with Gasteiger partial charge in [-0.3, -0.25) is 0 Å². The standard InChI is InChI=1S/C48H29NO.C45H30O/c1-2-14-31-29-32(26-25-30(31)13-1)45-35-17-3-5-19-37(35)46(38-20-6-4-18-36(38)45)40-27-28-43(48-47(40)39-21-9-12-24-44(39)50-48)49-41-22-10-7-15-33(41)34-16-8-11-23-42(34)49;1-45(2)37-21-11-9-19-34(37)43-38(45)26-36(42-35-20-10-12-22-39(35)46-44(42)43)41-32-17-7-5-15-30(32)40(31-16-6-8-18-33(31)41)29-24-23-27-13-3-4-14-28(27)25-29/h1-29H;3-26H,1-2H3. The Hall–Kier alpha value is -12.3. The molecule has 3 nitrogen and oxygen atoms in total. The fourth-order valence-electron chi connectivity index (χ4n) is 16.8. The van der Waals surface area contributed by atoms with Crippen LogP contribution in [0, 0.1) is 0 Å². The van der Waals surface area contributed by atoms with Crippen molar-refractivity contribution >= 4 is 130 Å². The Morgan fingerprint density at radius 1 is 0.250 bits per heavy atom. The predicted octanol–water partition coefficient (Wildman–Crippen LogP) is 26.2. The highest BCUT2D eigenvalue weighted by molar-refractivity contribution is 6.29. The van der Waals surface area contributed by atoms with Crippen LogP contribution < -0.4 is 0 Å². The highest BCUT2D eigenvalue weighted by Gasteiger charge is 2.39. The minimum Gasteiger partial charge on any atom is -0.455 e. The summed E-state index contributed by atoms with van der Waals surface area (Å²) in [4.78, 5) is 0. The number of hydrogen-bond donors (Lipinski definition) is 0. The maximum absolute atomic E-state index is 6.90. The molecule has 3 heteroatoms. The lowest BCUT2D eigenvalue weighted by molar-refractivity contribution is 0.653. The van der Waals surface area contributed by atoms with Crippen molar-refractivity contribution in [3.8, 4) is 61.3 Å². The second-order valence-corrected chi connectivity index (χ2v) is 26.4. The summed E-state index contributed by atoms with van der Waals surface area (Å²) in [6.07, 6.45) is 0. The molecule has 0 bridgehead atoms. The van der Waals surface area contributed by atoms with Gasteiger partial charge in [-0.15, -0.1) is 0 Å². The first-order valence-electron chi connectivity index (χ1n) is 33.3. The van der Waals surface area contributed by atoms with Gasteiger partial charge in [-0.25, -0.2) is 0 Å². The summed E-state index contributed by atoms with van der Waals surface area (Å²) >= 11 is 0. The highest BCUT2D eigenvalue weighted by atomic mass is 16.3. The van der Waals surface area contributed by atoms with Crippen molar-refractivity contribution in [3.05, 3.63) is 333 Å². The molecule has 448 valence electrons. The molecule has 20 aromatic rings. The molecular weight excluding hydrogens is 1160 g/mol. The molecular formula is C93H59NO2. The topological polar surface area (TPSA) is 31.2 Å². The van der Waals surface area contributed by atoms with E-state index in [1.165, 1.54) is 159 Å². The third-order valence-corrected chi connectivity index (χ3v) is 21.0. The molecule has 1 aliphatic carbocycles. The van der Waals surface area contributed by atoms with Crippen molar-refractivity contribution in [2.24, 2.45) is 0 Å². The first-order chi connectivity index (χ1) is 47.4. The van der Waals surface area contributed by atoms with Crippen LogP contribution >= 0.6 is 0 Å². The third kappa shape index (κ3) is 7.89. The summed E-state index contributed by atoms with van der Waals surface area (Å²) in [5.41, 5.74) is 22.0. The predicted molar refractivity (Wildman–Crippen MR) is 406 cm³/mol. The second kappa shape index (κ2) is 20.9. The van der Waals surface area contributed by atoms with E-state index in [4.69, 9.17) is 8.83 Å². The van der Waals surface area contributed by atoms with Gasteiger partial charge in [0.25, 0.3) is 0 Å². The van der Waals surface area contributed by atoms with Crippen molar-refractivity contribution in [1.29, 1.82) is 0 Å². The average Bonchev–Trinajstić information content (AvgIpc) is 1.48. The lowest BCUT2D eigenvalue weighted by Crippen LogP contribution is -2.15. The number of para-hydroxylation sites is 4. The SMILES string of the molecule is CC1(C)c2ccccc2-c2c1cc(-c1c3ccccc3c(-c3ccc4ccccc4c3)c3ccccc13)c1c2oc2ccccc21.c1ccc2cc(-c3c4ccccc4c(-c4ccc(-n5c6ccccc6c6ccccc65)c5oc6ccccc6c45)c4ccccc34)ccc2c1. The molecule has 0 unspecified atom stereocenters. The van der Waals surface area contributed by atoms with Gasteiger partial charge >= 0.3 is 0 Å². The van der Waals surface area contributed by atoms with Crippen molar-refractivity contribution in [2.75, 3.05) is 0 Å². The smallest absolute Gasteiger partial charge is 0.160 e. The summed E-state index contributed by atoms with van der Waals surface area (Å²) in [5.74, 6) is 0. The van der Waals surface area contributed by atoms with Crippen LogP contribution in [0.25, 0.3) is 192 Å². The fraction of sp³-hybridized carbons (Fsp3) is 0.0323. The zero-order chi connectivity index (χ0) is 63.3. The van der Waals surface area contributed by atoms with Crippen molar-refractivity contribution in [2.45, 2.75) is 19.3 Å². The molecule has 0 N–H and O–H groups in total. The Kier molecular flexibility index (Phi) is 11.8. The molecule has 17 aromatic carbocycles. The van der Waals surface area contributed by atoms with E-state index >= 15 is 0 Å². The van der Waals surface area contributed by atoms with E-state index in [0.717, 1.165) is 44.2 Å². The van der Waals surface area contributed by atoms with E-state index in [2.05, 4.69) is 340 Å². The average molecular weight is 1220 g/mol. The quantitative estimate of drug-likeness (QED) is 0.161. The summed E-state index contributed by atoms with van der Waals surface area (Å²) < 4.78 is 16.1. The zero-order valence-corrected chi connectivity index (χ0v) is 52.9. The Morgan fingerprint density at radius 3 is 1.12 bits per heavy atom. The maximum atomic E-state index is 6.90. The van der Waals surface area contributed by atoms with E-state index in [9.17, 15) is 0 Å². The minimum atomic E-state index is -0.162. The molecule has 21 rings (SSSR count). The highest BCUT2D eigenvalue weighted by Crippen LogP contribution is 2.57. The Labute approximate surface area is 553 Å². The lowest BCUT2D eigenvalue weighted by atomic mass is 9.79. The van der Waals surface area contributed by atoms with E-state index in [0.29, 0.717) is 0 Å². The summed E-state index contributed by atoms with van der Waals surface area (Å²) in [6.45, 7) is 4.71. The fourth-order valence-corrected chi connectivity index (χ4v) is 16.8. The van der Waals surface area contributed by atoms with Crippen LogP contribution in [0.5, 0.6) is 0 Å². The van der Waals surface area contributed by atoms with E-state index in [-0.39, 0.29) is 5.41 Å². The molecule has 0 fully saturated rings. The molecule has 3 heterocycles. The summed E-state index contributed by atoms with van der Waals surface area (Å²) in [5, 5.41) is 22.0. The Balaban J connectivity index is 0.000000132. The Morgan fingerprint density at radius 2 is 0.625 bits per heavy atom.